The molecule has 2 rings (SSSR count). The number of nitrogens with two attached hydrogens (primary N) is 1. The van der Waals surface area contributed by atoms with E-state index in [9.17, 15) is 15.0 Å². The van der Waals surface area contributed by atoms with Gasteiger partial charge in [0.2, 0.25) is 0 Å². The molecule has 0 radical (unpaired) electrons. The van der Waals surface area contributed by atoms with Crippen LogP contribution >= 0.6 is 0 Å². The predicted octanol–water partition coefficient (Wildman–Crippen LogP) is 0.661. The minimum atomic E-state index is -0.365. The number of aromatic hydroxyl groups is 2. The van der Waals surface area contributed by atoms with Crippen LogP contribution in [0.5, 0.6) is 11.5 Å². The molecule has 1 aromatic carbocycles. The molecule has 1 aliphatic heterocycles. The summed E-state index contributed by atoms with van der Waals surface area (Å²) < 4.78 is 0. The van der Waals surface area contributed by atoms with Gasteiger partial charge in [0.05, 0.1) is 0 Å². The van der Waals surface area contributed by atoms with E-state index in [1.807, 2.05) is 0 Å². The lowest BCUT2D eigenvalue weighted by molar-refractivity contribution is 0.0702. The summed E-state index contributed by atoms with van der Waals surface area (Å²) in [4.78, 5) is 13.7. The smallest absolute Gasteiger partial charge is 0.261 e. The molecule has 1 amide bonds. The number of hydrogen-bond acceptors (Lipinski definition) is 4. The van der Waals surface area contributed by atoms with Gasteiger partial charge in [0.1, 0.15) is 17.1 Å². The number of nitrogens with zero attached hydrogens (tertiary/aromatic N) is 1. The lowest BCUT2D eigenvalue weighted by Gasteiger charge is -2.31. The molecule has 1 aliphatic rings. The van der Waals surface area contributed by atoms with Crippen LogP contribution in [-0.4, -0.2) is 40.2 Å². The van der Waals surface area contributed by atoms with E-state index in [1.54, 1.807) is 4.90 Å². The largest absolute Gasteiger partial charge is 0.507 e. The average Bonchev–Trinajstić information content (AvgIpc) is 2.28. The second-order valence-electron chi connectivity index (χ2n) is 4.32. The van der Waals surface area contributed by atoms with Crippen molar-refractivity contribution in [3.63, 3.8) is 0 Å². The minimum absolute atomic E-state index is 0.0271. The van der Waals surface area contributed by atoms with E-state index in [-0.39, 0.29) is 29.0 Å². The molecule has 0 saturated carbocycles. The van der Waals surface area contributed by atoms with E-state index in [0.29, 0.717) is 13.1 Å². The number of hydrogen-bond donors (Lipinski definition) is 3. The normalized spacial score (nSPS) is 20.3. The summed E-state index contributed by atoms with van der Waals surface area (Å²) in [6.45, 7) is 1.08. The van der Waals surface area contributed by atoms with E-state index >= 15 is 0 Å². The summed E-state index contributed by atoms with van der Waals surface area (Å²) in [7, 11) is 0. The molecule has 17 heavy (non-hydrogen) atoms. The van der Waals surface area contributed by atoms with Crippen molar-refractivity contribution in [2.45, 2.75) is 18.9 Å². The lowest BCUT2D eigenvalue weighted by atomic mass is 10.0. The number of carbonyl (C=O) groups is 1. The van der Waals surface area contributed by atoms with Crippen LogP contribution in [0.25, 0.3) is 0 Å². The van der Waals surface area contributed by atoms with Gasteiger partial charge in [-0.3, -0.25) is 4.79 Å². The van der Waals surface area contributed by atoms with Gasteiger partial charge in [-0.15, -0.1) is 0 Å². The van der Waals surface area contributed by atoms with Crippen LogP contribution in [0.2, 0.25) is 0 Å². The molecule has 1 atom stereocenters. The predicted molar refractivity (Wildman–Crippen MR) is 62.9 cm³/mol. The zero-order valence-electron chi connectivity index (χ0n) is 9.47. The summed E-state index contributed by atoms with van der Waals surface area (Å²) in [6, 6.07) is 4.23. The van der Waals surface area contributed by atoms with Crippen LogP contribution in [-0.2, 0) is 0 Å². The monoisotopic (exact) mass is 236 g/mol. The zero-order valence-corrected chi connectivity index (χ0v) is 9.47. The first-order valence-electron chi connectivity index (χ1n) is 5.65. The first-order valence-corrected chi connectivity index (χ1v) is 5.65. The maximum absolute atomic E-state index is 12.1. The summed E-state index contributed by atoms with van der Waals surface area (Å²) >= 11 is 0. The lowest BCUT2D eigenvalue weighted by Crippen LogP contribution is -2.45. The van der Waals surface area contributed by atoms with E-state index in [0.717, 1.165) is 12.8 Å². The standard InChI is InChI=1S/C12H16N2O3/c13-8-3-2-6-14(7-8)12(17)11-9(15)4-1-5-10(11)16/h1,4-5,8,15-16H,2-3,6-7,13H2/t8-/m1/s1. The Bertz CT molecular complexity index is 414. The van der Waals surface area contributed by atoms with Crippen LogP contribution in [0.1, 0.15) is 23.2 Å². The van der Waals surface area contributed by atoms with E-state index in [1.165, 1.54) is 18.2 Å². The van der Waals surface area contributed by atoms with E-state index in [4.69, 9.17) is 5.73 Å². The van der Waals surface area contributed by atoms with Gasteiger partial charge in [-0.1, -0.05) is 6.07 Å². The number of phenolic OH excluding ortho intramolecular Hbond substituents is 2. The quantitative estimate of drug-likeness (QED) is 0.668. The number of piperidine rings is 1. The molecule has 1 heterocycles. The van der Waals surface area contributed by atoms with Gasteiger partial charge >= 0.3 is 0 Å². The van der Waals surface area contributed by atoms with Crippen molar-refractivity contribution in [3.05, 3.63) is 23.8 Å². The summed E-state index contributed by atoms with van der Waals surface area (Å²) in [5.74, 6) is -0.765. The highest BCUT2D eigenvalue weighted by atomic mass is 16.3. The highest BCUT2D eigenvalue weighted by Gasteiger charge is 2.26. The maximum Gasteiger partial charge on any atom is 0.261 e. The molecule has 0 aliphatic carbocycles. The van der Waals surface area contributed by atoms with Crippen molar-refractivity contribution in [2.75, 3.05) is 13.1 Å². The molecule has 0 spiro atoms. The van der Waals surface area contributed by atoms with Crippen molar-refractivity contribution in [3.8, 4) is 11.5 Å². The van der Waals surface area contributed by atoms with Crippen LogP contribution in [0.3, 0.4) is 0 Å². The first-order chi connectivity index (χ1) is 8.09. The molecule has 1 saturated heterocycles. The third-order valence-corrected chi connectivity index (χ3v) is 2.98. The molecule has 0 aromatic heterocycles. The molecule has 0 unspecified atom stereocenters. The third-order valence-electron chi connectivity index (χ3n) is 2.98. The Labute approximate surface area is 99.5 Å². The topological polar surface area (TPSA) is 86.8 Å². The van der Waals surface area contributed by atoms with Crippen LogP contribution in [0, 0.1) is 0 Å². The Morgan fingerprint density at radius 2 is 2.00 bits per heavy atom. The third kappa shape index (κ3) is 2.34. The highest BCUT2D eigenvalue weighted by Crippen LogP contribution is 2.28. The second-order valence-corrected chi connectivity index (χ2v) is 4.32. The Morgan fingerprint density at radius 3 is 2.59 bits per heavy atom. The number of amides is 1. The van der Waals surface area contributed by atoms with Crippen molar-refractivity contribution in [1.82, 2.24) is 4.90 Å². The van der Waals surface area contributed by atoms with Crippen molar-refractivity contribution in [2.24, 2.45) is 5.73 Å². The number of benzene rings is 1. The molecule has 5 nitrogen and oxygen atoms in total. The first kappa shape index (κ1) is 11.7. The maximum atomic E-state index is 12.1. The number of rotatable bonds is 1. The van der Waals surface area contributed by atoms with Crippen LogP contribution in [0.15, 0.2) is 18.2 Å². The van der Waals surface area contributed by atoms with Gasteiger partial charge in [0, 0.05) is 19.1 Å². The fourth-order valence-corrected chi connectivity index (χ4v) is 2.10. The molecule has 5 heteroatoms. The van der Waals surface area contributed by atoms with Gasteiger partial charge in [-0.25, -0.2) is 0 Å². The Kier molecular flexibility index (Phi) is 3.19. The average molecular weight is 236 g/mol. The fourth-order valence-electron chi connectivity index (χ4n) is 2.10. The molecular weight excluding hydrogens is 220 g/mol. The van der Waals surface area contributed by atoms with Crippen molar-refractivity contribution < 1.29 is 15.0 Å². The number of carbonyl (C=O) groups excluding carboxylic acids is 1. The van der Waals surface area contributed by atoms with Crippen LogP contribution in [0.4, 0.5) is 0 Å². The Morgan fingerprint density at radius 1 is 1.35 bits per heavy atom. The van der Waals surface area contributed by atoms with Gasteiger partial charge in [-0.2, -0.15) is 0 Å². The molecule has 4 N–H and O–H groups in total. The molecule has 1 fully saturated rings. The van der Waals surface area contributed by atoms with Gasteiger partial charge in [0.15, 0.2) is 0 Å². The van der Waals surface area contributed by atoms with Crippen molar-refractivity contribution >= 4 is 5.91 Å². The van der Waals surface area contributed by atoms with Crippen LogP contribution < -0.4 is 5.73 Å². The summed E-state index contributed by atoms with van der Waals surface area (Å²) in [5.41, 5.74) is 5.76. The Balaban J connectivity index is 2.24. The van der Waals surface area contributed by atoms with Gasteiger partial charge < -0.3 is 20.8 Å². The fraction of sp³-hybridized carbons (Fsp3) is 0.417. The molecule has 0 bridgehead atoms. The molecular formula is C12H16N2O3. The SMILES string of the molecule is N[C@@H]1CCCN(C(=O)c2c(O)cccc2O)C1. The van der Waals surface area contributed by atoms with Crippen molar-refractivity contribution in [1.29, 1.82) is 0 Å². The molecule has 1 aromatic rings. The molecule has 92 valence electrons. The zero-order chi connectivity index (χ0) is 12.4. The second kappa shape index (κ2) is 4.63. The van der Waals surface area contributed by atoms with E-state index in [2.05, 4.69) is 0 Å². The Hall–Kier alpha value is -1.75. The summed E-state index contributed by atoms with van der Waals surface area (Å²) in [6.07, 6.45) is 1.75. The number of phenols is 2. The highest BCUT2D eigenvalue weighted by molar-refractivity contribution is 5.99. The van der Waals surface area contributed by atoms with Gasteiger partial charge in [0.25, 0.3) is 5.91 Å². The number of likely N-dealkylation sites (tertiary alicyclic amines) is 1. The minimum Gasteiger partial charge on any atom is -0.507 e. The van der Waals surface area contributed by atoms with E-state index < -0.39 is 0 Å². The van der Waals surface area contributed by atoms with Gasteiger partial charge in [-0.05, 0) is 25.0 Å². The summed E-state index contributed by atoms with van der Waals surface area (Å²) in [5, 5.41) is 19.2.